The molecule has 0 spiro atoms. The van der Waals surface area contributed by atoms with Crippen molar-refractivity contribution in [2.45, 2.75) is 44.9 Å². The molecule has 1 unspecified atom stereocenters. The van der Waals surface area contributed by atoms with Gasteiger partial charge in [0.1, 0.15) is 11.6 Å². The molecular weight excluding hydrogens is 418 g/mol. The normalized spacial score (nSPS) is 17.0. The van der Waals surface area contributed by atoms with Crippen molar-refractivity contribution in [3.8, 4) is 5.75 Å². The minimum absolute atomic E-state index is 0.0111. The van der Waals surface area contributed by atoms with E-state index in [4.69, 9.17) is 0 Å². The standard InChI is InChI=1S/C21H19F4N3O3/c1-11(12-4-6-14(7-5-12)31-21(24,25)20(22)23)28-10-16-15(19(28)30)8-9-26-17(16)27-18(29)13-2-3-13/h4-9,11,13,20H,2-3,10H2,1H3,(H,26,27,29). The Hall–Kier alpha value is -3.17. The number of nitrogens with zero attached hydrogens (tertiary/aromatic N) is 2. The number of hydrogen-bond donors (Lipinski definition) is 1. The molecule has 1 saturated carbocycles. The van der Waals surface area contributed by atoms with Crippen LogP contribution in [0.2, 0.25) is 0 Å². The summed E-state index contributed by atoms with van der Waals surface area (Å²) in [6.45, 7) is 1.97. The number of ether oxygens (including phenoxy) is 1. The summed E-state index contributed by atoms with van der Waals surface area (Å²) in [6.07, 6.45) is -5.40. The number of carbonyl (C=O) groups is 2. The van der Waals surface area contributed by atoms with Crippen LogP contribution >= 0.6 is 0 Å². The maximum Gasteiger partial charge on any atom is 0.461 e. The average Bonchev–Trinajstić information content (AvgIpc) is 3.52. The van der Waals surface area contributed by atoms with Gasteiger partial charge < -0.3 is 15.0 Å². The SMILES string of the molecule is CC(c1ccc(OC(F)(F)C(F)F)cc1)N1Cc2c(ccnc2NC(=O)C2CC2)C1=O. The van der Waals surface area contributed by atoms with Crippen molar-refractivity contribution in [2.24, 2.45) is 5.92 Å². The maximum absolute atomic E-state index is 13.1. The van der Waals surface area contributed by atoms with Crippen LogP contribution in [0.5, 0.6) is 5.75 Å². The third kappa shape index (κ3) is 4.19. The number of nitrogens with one attached hydrogen (secondary N) is 1. The third-order valence-corrected chi connectivity index (χ3v) is 5.40. The third-order valence-electron chi connectivity index (χ3n) is 5.40. The molecular formula is C21H19F4N3O3. The minimum Gasteiger partial charge on any atom is -0.428 e. The van der Waals surface area contributed by atoms with Crippen LogP contribution in [0.4, 0.5) is 23.4 Å². The number of alkyl halides is 4. The van der Waals surface area contributed by atoms with Gasteiger partial charge in [0, 0.05) is 23.2 Å². The molecule has 1 aliphatic carbocycles. The molecule has 0 bridgehead atoms. The van der Waals surface area contributed by atoms with Crippen LogP contribution in [0.3, 0.4) is 0 Å². The Bertz CT molecular complexity index is 1010. The highest BCUT2D eigenvalue weighted by atomic mass is 19.3. The van der Waals surface area contributed by atoms with Crippen LogP contribution < -0.4 is 10.1 Å². The summed E-state index contributed by atoms with van der Waals surface area (Å²) >= 11 is 0. The largest absolute Gasteiger partial charge is 0.461 e. The minimum atomic E-state index is -4.59. The van der Waals surface area contributed by atoms with E-state index >= 15 is 0 Å². The van der Waals surface area contributed by atoms with Crippen LogP contribution in [-0.4, -0.2) is 34.2 Å². The van der Waals surface area contributed by atoms with Crippen molar-refractivity contribution in [1.29, 1.82) is 0 Å². The molecule has 31 heavy (non-hydrogen) atoms. The summed E-state index contributed by atoms with van der Waals surface area (Å²) < 4.78 is 54.8. The second-order valence-corrected chi connectivity index (χ2v) is 7.59. The van der Waals surface area contributed by atoms with Gasteiger partial charge in [0.05, 0.1) is 12.6 Å². The summed E-state index contributed by atoms with van der Waals surface area (Å²) in [4.78, 5) is 30.8. The first-order valence-corrected chi connectivity index (χ1v) is 9.72. The van der Waals surface area contributed by atoms with Crippen molar-refractivity contribution >= 4 is 17.6 Å². The van der Waals surface area contributed by atoms with Gasteiger partial charge in [0.2, 0.25) is 5.91 Å². The number of pyridine rings is 1. The van der Waals surface area contributed by atoms with Crippen molar-refractivity contribution in [3.05, 3.63) is 53.2 Å². The topological polar surface area (TPSA) is 71.5 Å². The lowest BCUT2D eigenvalue weighted by molar-refractivity contribution is -0.253. The van der Waals surface area contributed by atoms with Gasteiger partial charge in [-0.15, -0.1) is 0 Å². The van der Waals surface area contributed by atoms with Crippen LogP contribution in [0.15, 0.2) is 36.5 Å². The first-order valence-electron chi connectivity index (χ1n) is 9.72. The zero-order valence-electron chi connectivity index (χ0n) is 16.4. The van der Waals surface area contributed by atoms with Gasteiger partial charge >= 0.3 is 12.5 Å². The van der Waals surface area contributed by atoms with E-state index in [1.54, 1.807) is 17.9 Å². The highest BCUT2D eigenvalue weighted by Crippen LogP contribution is 2.36. The van der Waals surface area contributed by atoms with E-state index in [9.17, 15) is 27.2 Å². The Kier molecular flexibility index (Phi) is 5.32. The molecule has 2 amide bonds. The Morgan fingerprint density at radius 1 is 1.23 bits per heavy atom. The molecule has 4 rings (SSSR count). The van der Waals surface area contributed by atoms with Gasteiger partial charge in [0.25, 0.3) is 5.91 Å². The monoisotopic (exact) mass is 437 g/mol. The molecule has 2 aliphatic rings. The van der Waals surface area contributed by atoms with E-state index in [1.165, 1.54) is 18.3 Å². The molecule has 6 nitrogen and oxygen atoms in total. The number of fused-ring (bicyclic) bond motifs is 1. The number of anilines is 1. The number of halogens is 4. The van der Waals surface area contributed by atoms with Gasteiger partial charge in [0.15, 0.2) is 0 Å². The van der Waals surface area contributed by atoms with Crippen molar-refractivity contribution in [1.82, 2.24) is 9.88 Å². The number of carbonyl (C=O) groups excluding carboxylic acids is 2. The molecule has 1 atom stereocenters. The predicted octanol–water partition coefficient (Wildman–Crippen LogP) is 4.38. The maximum atomic E-state index is 13.1. The van der Waals surface area contributed by atoms with E-state index in [2.05, 4.69) is 15.0 Å². The summed E-state index contributed by atoms with van der Waals surface area (Å²) in [6, 6.07) is 6.31. The molecule has 1 aliphatic heterocycles. The molecule has 164 valence electrons. The molecule has 2 aromatic rings. The zero-order chi connectivity index (χ0) is 22.3. The quantitative estimate of drug-likeness (QED) is 0.653. The lowest BCUT2D eigenvalue weighted by atomic mass is 10.1. The van der Waals surface area contributed by atoms with Crippen LogP contribution in [-0.2, 0) is 11.3 Å². The number of hydrogen-bond acceptors (Lipinski definition) is 4. The number of aromatic nitrogens is 1. The number of rotatable bonds is 7. The molecule has 0 radical (unpaired) electrons. The van der Waals surface area contributed by atoms with Crippen molar-refractivity contribution < 1.29 is 31.9 Å². The van der Waals surface area contributed by atoms with E-state index in [-0.39, 0.29) is 24.3 Å². The van der Waals surface area contributed by atoms with Gasteiger partial charge in [-0.05, 0) is 43.5 Å². The molecule has 1 aromatic heterocycles. The fourth-order valence-corrected chi connectivity index (χ4v) is 3.43. The highest BCUT2D eigenvalue weighted by Gasteiger charge is 2.44. The molecule has 1 aromatic carbocycles. The van der Waals surface area contributed by atoms with E-state index in [0.717, 1.165) is 25.0 Å². The predicted molar refractivity (Wildman–Crippen MR) is 102 cm³/mol. The second kappa shape index (κ2) is 7.82. The Labute approximate surface area is 175 Å². The van der Waals surface area contributed by atoms with E-state index in [1.807, 2.05) is 0 Å². The molecule has 2 heterocycles. The van der Waals surface area contributed by atoms with E-state index in [0.29, 0.717) is 22.5 Å². The molecule has 1 N–H and O–H groups in total. The fraction of sp³-hybridized carbons (Fsp3) is 0.381. The van der Waals surface area contributed by atoms with Crippen molar-refractivity contribution in [3.63, 3.8) is 0 Å². The fourth-order valence-electron chi connectivity index (χ4n) is 3.43. The van der Waals surface area contributed by atoms with Gasteiger partial charge in [-0.3, -0.25) is 9.59 Å². The summed E-state index contributed by atoms with van der Waals surface area (Å²) in [7, 11) is 0. The molecule has 10 heteroatoms. The Morgan fingerprint density at radius 2 is 1.90 bits per heavy atom. The lowest BCUT2D eigenvalue weighted by Crippen LogP contribution is -2.33. The van der Waals surface area contributed by atoms with Gasteiger partial charge in [-0.1, -0.05) is 12.1 Å². The Balaban J connectivity index is 1.49. The van der Waals surface area contributed by atoms with E-state index < -0.39 is 24.3 Å². The highest BCUT2D eigenvalue weighted by molar-refractivity contribution is 6.02. The van der Waals surface area contributed by atoms with Crippen LogP contribution in [0.1, 0.15) is 47.3 Å². The van der Waals surface area contributed by atoms with Crippen LogP contribution in [0.25, 0.3) is 0 Å². The smallest absolute Gasteiger partial charge is 0.428 e. The van der Waals surface area contributed by atoms with Crippen LogP contribution in [0, 0.1) is 5.92 Å². The molecule has 1 fully saturated rings. The summed E-state index contributed by atoms with van der Waals surface area (Å²) in [5, 5.41) is 2.78. The number of amides is 2. The second-order valence-electron chi connectivity index (χ2n) is 7.59. The zero-order valence-corrected chi connectivity index (χ0v) is 16.4. The summed E-state index contributed by atoms with van der Waals surface area (Å²) in [5.41, 5.74) is 1.65. The lowest BCUT2D eigenvalue weighted by Gasteiger charge is -2.25. The number of benzene rings is 1. The average molecular weight is 437 g/mol. The first kappa shape index (κ1) is 21.1. The first-order chi connectivity index (χ1) is 14.7. The summed E-state index contributed by atoms with van der Waals surface area (Å²) in [5.74, 6) is -0.433. The Morgan fingerprint density at radius 3 is 2.52 bits per heavy atom. The van der Waals surface area contributed by atoms with Crippen molar-refractivity contribution in [2.75, 3.05) is 5.32 Å². The molecule has 0 saturated heterocycles. The van der Waals surface area contributed by atoms with Gasteiger partial charge in [-0.2, -0.15) is 17.6 Å². The van der Waals surface area contributed by atoms with Gasteiger partial charge in [-0.25, -0.2) is 4.98 Å².